The van der Waals surface area contributed by atoms with E-state index in [1.165, 1.54) is 25.0 Å². The molecule has 0 aliphatic carbocycles. The van der Waals surface area contributed by atoms with Gasteiger partial charge in [-0.05, 0) is 44.1 Å². The Bertz CT molecular complexity index is 364. The van der Waals surface area contributed by atoms with Gasteiger partial charge in [0.05, 0.1) is 6.61 Å². The minimum Gasteiger partial charge on any atom is -0.492 e. The average Bonchev–Trinajstić information content (AvgIpc) is 2.84. The van der Waals surface area contributed by atoms with Crippen molar-refractivity contribution in [2.75, 3.05) is 26.2 Å². The summed E-state index contributed by atoms with van der Waals surface area (Å²) in [5.74, 6) is 0.231. The van der Waals surface area contributed by atoms with E-state index >= 15 is 0 Å². The number of rotatable bonds is 5. The fourth-order valence-electron chi connectivity index (χ4n) is 2.10. The Morgan fingerprint density at radius 2 is 2.06 bits per heavy atom. The van der Waals surface area contributed by atoms with Gasteiger partial charge in [-0.15, -0.1) is 0 Å². The summed E-state index contributed by atoms with van der Waals surface area (Å²) in [6.45, 7) is 3.55. The molecule has 1 aromatic rings. The van der Waals surface area contributed by atoms with Crippen LogP contribution in [0.2, 0.25) is 0 Å². The second-order valence-electron chi connectivity index (χ2n) is 4.31. The average molecular weight is 239 g/mol. The SMILES string of the molecule is OCc1cc(F)ccc1OCCN1CCCC1. The van der Waals surface area contributed by atoms with E-state index in [1.807, 2.05) is 0 Å². The summed E-state index contributed by atoms with van der Waals surface area (Å²) in [6, 6.07) is 4.24. The molecule has 0 bridgehead atoms. The lowest BCUT2D eigenvalue weighted by Crippen LogP contribution is -2.25. The maximum atomic E-state index is 12.9. The summed E-state index contributed by atoms with van der Waals surface area (Å²) < 4.78 is 18.5. The van der Waals surface area contributed by atoms with Crippen molar-refractivity contribution in [3.05, 3.63) is 29.6 Å². The van der Waals surface area contributed by atoms with Gasteiger partial charge in [-0.1, -0.05) is 0 Å². The molecule has 0 spiro atoms. The van der Waals surface area contributed by atoms with Crippen molar-refractivity contribution in [1.29, 1.82) is 0 Å². The first kappa shape index (κ1) is 12.3. The molecular formula is C13H18FNO2. The number of hydrogen-bond acceptors (Lipinski definition) is 3. The fourth-order valence-corrected chi connectivity index (χ4v) is 2.10. The Morgan fingerprint density at radius 1 is 1.29 bits per heavy atom. The van der Waals surface area contributed by atoms with Crippen LogP contribution in [0.3, 0.4) is 0 Å². The molecule has 0 amide bonds. The van der Waals surface area contributed by atoms with Crippen molar-refractivity contribution in [2.45, 2.75) is 19.4 Å². The van der Waals surface area contributed by atoms with E-state index in [1.54, 1.807) is 6.07 Å². The Kier molecular flexibility index (Phi) is 4.34. The van der Waals surface area contributed by atoms with Crippen LogP contribution in [0.4, 0.5) is 4.39 Å². The molecule has 0 radical (unpaired) electrons. The summed E-state index contributed by atoms with van der Waals surface area (Å²) in [5, 5.41) is 9.10. The number of likely N-dealkylation sites (tertiary alicyclic amines) is 1. The van der Waals surface area contributed by atoms with E-state index < -0.39 is 0 Å². The van der Waals surface area contributed by atoms with E-state index in [0.29, 0.717) is 17.9 Å². The first-order valence-electron chi connectivity index (χ1n) is 6.04. The molecule has 0 saturated carbocycles. The van der Waals surface area contributed by atoms with Crippen LogP contribution in [0.1, 0.15) is 18.4 Å². The van der Waals surface area contributed by atoms with Crippen LogP contribution >= 0.6 is 0 Å². The first-order chi connectivity index (χ1) is 8.29. The maximum absolute atomic E-state index is 12.9. The summed E-state index contributed by atoms with van der Waals surface area (Å²) in [7, 11) is 0. The molecule has 94 valence electrons. The van der Waals surface area contributed by atoms with Crippen molar-refractivity contribution in [3.8, 4) is 5.75 Å². The zero-order valence-electron chi connectivity index (χ0n) is 9.86. The summed E-state index contributed by atoms with van der Waals surface area (Å²) in [4.78, 5) is 2.35. The van der Waals surface area contributed by atoms with E-state index in [4.69, 9.17) is 9.84 Å². The lowest BCUT2D eigenvalue weighted by molar-refractivity contribution is 0.227. The normalized spacial score (nSPS) is 16.4. The van der Waals surface area contributed by atoms with Gasteiger partial charge in [0.25, 0.3) is 0 Å². The predicted molar refractivity (Wildman–Crippen MR) is 63.5 cm³/mol. The van der Waals surface area contributed by atoms with Gasteiger partial charge in [-0.3, -0.25) is 4.90 Å². The van der Waals surface area contributed by atoms with Gasteiger partial charge >= 0.3 is 0 Å². The summed E-state index contributed by atoms with van der Waals surface area (Å²) in [5.41, 5.74) is 0.506. The molecule has 2 rings (SSSR count). The van der Waals surface area contributed by atoms with Crippen LogP contribution < -0.4 is 4.74 Å². The van der Waals surface area contributed by atoms with Crippen molar-refractivity contribution < 1.29 is 14.2 Å². The molecule has 1 N–H and O–H groups in total. The molecule has 1 fully saturated rings. The number of halogens is 1. The van der Waals surface area contributed by atoms with Crippen LogP contribution in [0.15, 0.2) is 18.2 Å². The molecule has 1 saturated heterocycles. The smallest absolute Gasteiger partial charge is 0.125 e. The Morgan fingerprint density at radius 3 is 2.76 bits per heavy atom. The van der Waals surface area contributed by atoms with Crippen LogP contribution in [-0.4, -0.2) is 36.2 Å². The number of nitrogens with zero attached hydrogens (tertiary/aromatic N) is 1. The van der Waals surface area contributed by atoms with Gasteiger partial charge in [0.2, 0.25) is 0 Å². The summed E-state index contributed by atoms with van der Waals surface area (Å²) >= 11 is 0. The van der Waals surface area contributed by atoms with Crippen LogP contribution in [-0.2, 0) is 6.61 Å². The van der Waals surface area contributed by atoms with Gasteiger partial charge < -0.3 is 9.84 Å². The van der Waals surface area contributed by atoms with Crippen molar-refractivity contribution >= 4 is 0 Å². The minimum absolute atomic E-state index is 0.198. The molecular weight excluding hydrogens is 221 g/mol. The molecule has 0 unspecified atom stereocenters. The van der Waals surface area contributed by atoms with Crippen LogP contribution in [0, 0.1) is 5.82 Å². The Labute approximate surface area is 101 Å². The molecule has 0 atom stereocenters. The second-order valence-corrected chi connectivity index (χ2v) is 4.31. The molecule has 17 heavy (non-hydrogen) atoms. The van der Waals surface area contributed by atoms with E-state index in [0.717, 1.165) is 19.6 Å². The molecule has 1 aliphatic rings. The quantitative estimate of drug-likeness (QED) is 0.850. The predicted octanol–water partition coefficient (Wildman–Crippen LogP) is 1.79. The number of benzene rings is 1. The second kappa shape index (κ2) is 5.98. The number of hydrogen-bond donors (Lipinski definition) is 1. The monoisotopic (exact) mass is 239 g/mol. The van der Waals surface area contributed by atoms with Gasteiger partial charge in [0.15, 0.2) is 0 Å². The zero-order valence-corrected chi connectivity index (χ0v) is 9.86. The van der Waals surface area contributed by atoms with Gasteiger partial charge in [0, 0.05) is 12.1 Å². The lowest BCUT2D eigenvalue weighted by atomic mass is 10.2. The van der Waals surface area contributed by atoms with Crippen LogP contribution in [0.25, 0.3) is 0 Å². The molecule has 3 nitrogen and oxygen atoms in total. The minimum atomic E-state index is -0.346. The highest BCUT2D eigenvalue weighted by molar-refractivity contribution is 5.33. The van der Waals surface area contributed by atoms with Crippen molar-refractivity contribution in [1.82, 2.24) is 4.90 Å². The zero-order chi connectivity index (χ0) is 12.1. The highest BCUT2D eigenvalue weighted by atomic mass is 19.1. The number of ether oxygens (including phenoxy) is 1. The van der Waals surface area contributed by atoms with E-state index in [9.17, 15) is 4.39 Å². The standard InChI is InChI=1S/C13H18FNO2/c14-12-3-4-13(11(9-12)10-16)17-8-7-15-5-1-2-6-15/h3-4,9,16H,1-2,5-8,10H2. The third kappa shape index (κ3) is 3.41. The third-order valence-electron chi connectivity index (χ3n) is 3.06. The third-order valence-corrected chi connectivity index (χ3v) is 3.06. The highest BCUT2D eigenvalue weighted by Gasteiger charge is 2.11. The van der Waals surface area contributed by atoms with Crippen molar-refractivity contribution in [2.24, 2.45) is 0 Å². The van der Waals surface area contributed by atoms with Gasteiger partial charge in [0.1, 0.15) is 18.2 Å². The molecule has 4 heteroatoms. The van der Waals surface area contributed by atoms with E-state index in [-0.39, 0.29) is 12.4 Å². The van der Waals surface area contributed by atoms with Crippen LogP contribution in [0.5, 0.6) is 5.75 Å². The van der Waals surface area contributed by atoms with Gasteiger partial charge in [-0.25, -0.2) is 4.39 Å². The molecule has 1 aliphatic heterocycles. The summed E-state index contributed by atoms with van der Waals surface area (Å²) in [6.07, 6.45) is 2.52. The Hall–Kier alpha value is -1.13. The largest absolute Gasteiger partial charge is 0.492 e. The maximum Gasteiger partial charge on any atom is 0.125 e. The molecule has 1 aromatic carbocycles. The fraction of sp³-hybridized carbons (Fsp3) is 0.538. The molecule has 1 heterocycles. The number of aliphatic hydroxyl groups is 1. The lowest BCUT2D eigenvalue weighted by Gasteiger charge is -2.16. The topological polar surface area (TPSA) is 32.7 Å². The van der Waals surface area contributed by atoms with Gasteiger partial charge in [-0.2, -0.15) is 0 Å². The highest BCUT2D eigenvalue weighted by Crippen LogP contribution is 2.19. The first-order valence-corrected chi connectivity index (χ1v) is 6.04. The number of aliphatic hydroxyl groups excluding tert-OH is 1. The molecule has 0 aromatic heterocycles. The van der Waals surface area contributed by atoms with E-state index in [2.05, 4.69) is 4.90 Å². The van der Waals surface area contributed by atoms with Crippen molar-refractivity contribution in [3.63, 3.8) is 0 Å². The Balaban J connectivity index is 1.85.